The number of carbonyl (C=O) groups excluding carboxylic acids is 3. The third-order valence-corrected chi connectivity index (χ3v) is 8.28. The summed E-state index contributed by atoms with van der Waals surface area (Å²) in [4.78, 5) is 50.1. The molecule has 4 atom stereocenters. The van der Waals surface area contributed by atoms with Crippen molar-refractivity contribution in [3.05, 3.63) is 64.7 Å². The molecule has 3 fully saturated rings. The highest BCUT2D eigenvalue weighted by Crippen LogP contribution is 2.41. The Morgan fingerprint density at radius 1 is 1.07 bits per heavy atom. The van der Waals surface area contributed by atoms with Crippen LogP contribution in [-0.2, 0) is 19.1 Å². The van der Waals surface area contributed by atoms with Gasteiger partial charge in [0.25, 0.3) is 0 Å². The van der Waals surface area contributed by atoms with Gasteiger partial charge in [-0.25, -0.2) is 4.79 Å². The molecule has 2 amide bonds. The number of amides is 2. The van der Waals surface area contributed by atoms with Crippen LogP contribution in [-0.4, -0.2) is 65.7 Å². The molecule has 5 rings (SSSR count). The Kier molecular flexibility index (Phi) is 8.66. The minimum atomic E-state index is -5.08. The molecule has 0 radical (unpaired) electrons. The smallest absolute Gasteiger partial charge is 0.471 e. The van der Waals surface area contributed by atoms with Crippen molar-refractivity contribution in [2.24, 2.45) is 5.92 Å². The van der Waals surface area contributed by atoms with Crippen molar-refractivity contribution in [2.75, 3.05) is 19.7 Å². The highest BCUT2D eigenvalue weighted by molar-refractivity contribution is 5.90. The van der Waals surface area contributed by atoms with Crippen LogP contribution in [0.25, 0.3) is 0 Å². The number of hydrogen-bond donors (Lipinski definition) is 2. The Morgan fingerprint density at radius 2 is 1.79 bits per heavy atom. The number of aromatic carboxylic acids is 1. The van der Waals surface area contributed by atoms with Gasteiger partial charge in [-0.05, 0) is 73.4 Å². The van der Waals surface area contributed by atoms with Crippen LogP contribution in [0, 0.1) is 5.92 Å². The lowest BCUT2D eigenvalue weighted by Gasteiger charge is -2.35. The molecule has 2 saturated heterocycles. The first-order valence-corrected chi connectivity index (χ1v) is 14.4. The Balaban J connectivity index is 1.41. The fourth-order valence-electron chi connectivity index (χ4n) is 5.85. The van der Waals surface area contributed by atoms with Crippen LogP contribution in [0.15, 0.2) is 42.5 Å². The number of hydrogen-bond acceptors (Lipinski definition) is 6. The molecular formula is C31H33F3N2O7. The largest absolute Gasteiger partial charge is 0.484 e. The number of carboxylic acids is 1. The van der Waals surface area contributed by atoms with Crippen LogP contribution in [0.5, 0.6) is 5.75 Å². The van der Waals surface area contributed by atoms with Crippen LogP contribution >= 0.6 is 0 Å². The summed E-state index contributed by atoms with van der Waals surface area (Å²) >= 11 is 0. The molecule has 1 aliphatic carbocycles. The molecule has 230 valence electrons. The predicted molar refractivity (Wildman–Crippen MR) is 146 cm³/mol. The van der Waals surface area contributed by atoms with Crippen molar-refractivity contribution in [1.29, 1.82) is 0 Å². The maximum absolute atomic E-state index is 13.1. The number of carbonyl (C=O) groups is 4. The fraction of sp³-hybridized carbons (Fsp3) is 0.484. The number of nitrogens with zero attached hydrogens (tertiary/aromatic N) is 1. The van der Waals surface area contributed by atoms with E-state index in [-0.39, 0.29) is 42.7 Å². The molecule has 1 saturated carbocycles. The molecule has 0 bridgehead atoms. The van der Waals surface area contributed by atoms with Gasteiger partial charge in [0.05, 0.1) is 23.9 Å². The summed E-state index contributed by atoms with van der Waals surface area (Å²) in [5.41, 5.74) is 2.12. The summed E-state index contributed by atoms with van der Waals surface area (Å²) in [7, 11) is 0. The van der Waals surface area contributed by atoms with Crippen LogP contribution in [0.1, 0.15) is 84.0 Å². The quantitative estimate of drug-likeness (QED) is 0.399. The minimum absolute atomic E-state index is 0.00971. The lowest BCUT2D eigenvalue weighted by Crippen LogP contribution is -2.45. The van der Waals surface area contributed by atoms with Gasteiger partial charge in [0, 0.05) is 19.0 Å². The van der Waals surface area contributed by atoms with E-state index in [1.54, 1.807) is 23.1 Å². The number of benzene rings is 2. The Hall–Kier alpha value is -4.09. The Bertz CT molecular complexity index is 1390. The predicted octanol–water partition coefficient (Wildman–Crippen LogP) is 4.72. The topological polar surface area (TPSA) is 122 Å². The van der Waals surface area contributed by atoms with Gasteiger partial charge >= 0.3 is 24.0 Å². The third-order valence-electron chi connectivity index (χ3n) is 8.28. The summed E-state index contributed by atoms with van der Waals surface area (Å²) in [6.45, 7) is 2.14. The number of esters is 1. The number of carboxylic acid groups (broad SMARTS) is 1. The molecule has 0 unspecified atom stereocenters. The van der Waals surface area contributed by atoms with Crippen molar-refractivity contribution in [3.63, 3.8) is 0 Å². The maximum Gasteiger partial charge on any atom is 0.471 e. The van der Waals surface area contributed by atoms with E-state index in [1.807, 2.05) is 17.4 Å². The summed E-state index contributed by atoms with van der Waals surface area (Å²) in [6.07, 6.45) is -2.73. The van der Waals surface area contributed by atoms with Crippen LogP contribution in [0.4, 0.5) is 13.2 Å². The van der Waals surface area contributed by atoms with E-state index in [4.69, 9.17) is 9.47 Å². The first kappa shape index (κ1) is 30.4. The zero-order valence-electron chi connectivity index (χ0n) is 23.6. The number of alkyl halides is 3. The molecule has 9 nitrogen and oxygen atoms in total. The van der Waals surface area contributed by atoms with E-state index in [0.717, 1.165) is 18.4 Å². The van der Waals surface area contributed by atoms with Gasteiger partial charge in [0.1, 0.15) is 18.5 Å². The normalized spacial score (nSPS) is 22.0. The SMILES string of the molecule is C[C@H](NC(=O)C(F)(F)F)[C@H](Oc1ccc(C(=O)O)c([C@@H]2CCCN(C(=O)[C@H]3COC(=O)C3)C2)c1)c1ccc(C2CC2)cc1. The van der Waals surface area contributed by atoms with Crippen LogP contribution in [0.3, 0.4) is 0 Å². The molecule has 2 aromatic rings. The number of cyclic esters (lactones) is 1. The molecule has 2 N–H and O–H groups in total. The first-order valence-electron chi connectivity index (χ1n) is 14.4. The number of nitrogens with one attached hydrogen (secondary N) is 1. The van der Waals surface area contributed by atoms with E-state index in [0.29, 0.717) is 36.4 Å². The van der Waals surface area contributed by atoms with Crippen molar-refractivity contribution in [1.82, 2.24) is 10.2 Å². The summed E-state index contributed by atoms with van der Waals surface area (Å²) in [5, 5.41) is 11.9. The summed E-state index contributed by atoms with van der Waals surface area (Å²) in [6, 6.07) is 10.6. The van der Waals surface area contributed by atoms with Gasteiger partial charge in [-0.1, -0.05) is 24.3 Å². The van der Waals surface area contributed by atoms with Crippen molar-refractivity contribution in [3.8, 4) is 5.75 Å². The lowest BCUT2D eigenvalue weighted by molar-refractivity contribution is -0.174. The maximum atomic E-state index is 13.1. The van der Waals surface area contributed by atoms with Gasteiger partial charge in [0.15, 0.2) is 0 Å². The number of piperidine rings is 1. The average Bonchev–Trinajstić information content (AvgIpc) is 3.74. The molecule has 2 heterocycles. The van der Waals surface area contributed by atoms with E-state index in [2.05, 4.69) is 0 Å². The van der Waals surface area contributed by atoms with Crippen molar-refractivity contribution >= 4 is 23.8 Å². The van der Waals surface area contributed by atoms with Crippen molar-refractivity contribution < 1.29 is 46.9 Å². The number of rotatable bonds is 9. The minimum Gasteiger partial charge on any atom is -0.484 e. The summed E-state index contributed by atoms with van der Waals surface area (Å²) < 4.78 is 50.4. The van der Waals surface area contributed by atoms with Gasteiger partial charge < -0.3 is 24.8 Å². The van der Waals surface area contributed by atoms with Gasteiger partial charge in [-0.3, -0.25) is 14.4 Å². The zero-order chi connectivity index (χ0) is 30.9. The van der Waals surface area contributed by atoms with Gasteiger partial charge in [-0.15, -0.1) is 0 Å². The third kappa shape index (κ3) is 7.11. The van der Waals surface area contributed by atoms with E-state index in [1.165, 1.54) is 19.1 Å². The molecule has 43 heavy (non-hydrogen) atoms. The molecular weight excluding hydrogens is 569 g/mol. The Morgan fingerprint density at radius 3 is 2.40 bits per heavy atom. The second-order valence-electron chi connectivity index (χ2n) is 11.5. The summed E-state index contributed by atoms with van der Waals surface area (Å²) in [5.74, 6) is -4.16. The average molecular weight is 603 g/mol. The van der Waals surface area contributed by atoms with Gasteiger partial charge in [0.2, 0.25) is 5.91 Å². The highest BCUT2D eigenvalue weighted by Gasteiger charge is 2.41. The molecule has 0 aromatic heterocycles. The molecule has 0 spiro atoms. The fourth-order valence-corrected chi connectivity index (χ4v) is 5.85. The number of ether oxygens (including phenoxy) is 2. The van der Waals surface area contributed by atoms with E-state index < -0.39 is 42.1 Å². The van der Waals surface area contributed by atoms with E-state index >= 15 is 0 Å². The molecule has 2 aliphatic heterocycles. The first-order chi connectivity index (χ1) is 20.4. The highest BCUT2D eigenvalue weighted by atomic mass is 19.4. The zero-order valence-corrected chi connectivity index (χ0v) is 23.6. The Labute approximate surface area is 246 Å². The van der Waals surface area contributed by atoms with Gasteiger partial charge in [-0.2, -0.15) is 13.2 Å². The standard InChI is InChI=1S/C31H33F3N2O7/c1-17(35-30(41)31(32,33)34)27(20-8-6-19(7-9-20)18-4-5-18)43-23-10-11-24(29(39)40)25(14-23)21-3-2-12-36(15-21)28(38)22-13-26(37)42-16-22/h6-11,14,17-18,21-22,27H,2-5,12-13,15-16H2,1H3,(H,35,41)(H,39,40)/t17-,21+,22+,27-/m0/s1. The second kappa shape index (κ2) is 12.3. The second-order valence-corrected chi connectivity index (χ2v) is 11.5. The monoisotopic (exact) mass is 602 g/mol. The molecule has 12 heteroatoms. The molecule has 2 aromatic carbocycles. The van der Waals surface area contributed by atoms with Crippen LogP contribution in [0.2, 0.25) is 0 Å². The van der Waals surface area contributed by atoms with Crippen molar-refractivity contribution in [2.45, 2.75) is 69.2 Å². The molecule has 3 aliphatic rings. The van der Waals surface area contributed by atoms with E-state index in [9.17, 15) is 37.5 Å². The number of likely N-dealkylation sites (tertiary alicyclic amines) is 1. The van der Waals surface area contributed by atoms with Crippen LogP contribution < -0.4 is 10.1 Å². The number of halogens is 3. The lowest BCUT2D eigenvalue weighted by atomic mass is 9.86.